The third-order valence-electron chi connectivity index (χ3n) is 5.92. The molecule has 166 valence electrons. The molecule has 0 radical (unpaired) electrons. The molecule has 2 heterocycles. The number of unbranched alkanes of at least 4 members (excludes halogenated alkanes) is 1. The number of aromatic nitrogens is 2. The number of imidazole rings is 1. The van der Waals surface area contributed by atoms with Crippen LogP contribution in [0.15, 0.2) is 67.3 Å². The third-order valence-corrected chi connectivity index (χ3v) is 5.92. The van der Waals surface area contributed by atoms with E-state index in [1.54, 1.807) is 19.6 Å². The first-order valence-corrected chi connectivity index (χ1v) is 10.9. The molecule has 0 bridgehead atoms. The Morgan fingerprint density at radius 1 is 1.16 bits per heavy atom. The van der Waals surface area contributed by atoms with E-state index in [0.717, 1.165) is 29.8 Å². The Kier molecular flexibility index (Phi) is 6.54. The predicted octanol–water partition coefficient (Wildman–Crippen LogP) is 4.21. The number of amides is 2. The highest BCUT2D eigenvalue weighted by atomic mass is 16.5. The number of hydrogen-bond acceptors (Lipinski definition) is 4. The van der Waals surface area contributed by atoms with Gasteiger partial charge in [0.05, 0.1) is 25.4 Å². The highest BCUT2D eigenvalue weighted by Crippen LogP contribution is 2.39. The zero-order chi connectivity index (χ0) is 22.5. The minimum Gasteiger partial charge on any atom is -0.497 e. The van der Waals surface area contributed by atoms with E-state index < -0.39 is 5.92 Å². The van der Waals surface area contributed by atoms with Crippen LogP contribution in [0.5, 0.6) is 5.75 Å². The van der Waals surface area contributed by atoms with Crippen molar-refractivity contribution in [2.24, 2.45) is 5.92 Å². The van der Waals surface area contributed by atoms with Gasteiger partial charge in [-0.3, -0.25) is 9.59 Å². The first-order valence-electron chi connectivity index (χ1n) is 10.9. The van der Waals surface area contributed by atoms with Crippen molar-refractivity contribution >= 4 is 17.5 Å². The van der Waals surface area contributed by atoms with Crippen molar-refractivity contribution in [3.8, 4) is 11.4 Å². The normalized spacial score (nSPS) is 18.1. The van der Waals surface area contributed by atoms with Crippen LogP contribution in [0, 0.1) is 5.92 Å². The molecule has 2 aromatic carbocycles. The van der Waals surface area contributed by atoms with Crippen molar-refractivity contribution in [1.82, 2.24) is 14.5 Å². The van der Waals surface area contributed by atoms with E-state index in [0.29, 0.717) is 12.2 Å². The van der Waals surface area contributed by atoms with E-state index in [2.05, 4.69) is 17.2 Å². The van der Waals surface area contributed by atoms with Crippen molar-refractivity contribution in [2.45, 2.75) is 32.2 Å². The fraction of sp³-hybridized carbons (Fsp3) is 0.320. The van der Waals surface area contributed by atoms with E-state index in [1.807, 2.05) is 64.2 Å². The molecule has 7 heteroatoms. The Morgan fingerprint density at radius 3 is 2.53 bits per heavy atom. The lowest BCUT2D eigenvalue weighted by atomic mass is 9.92. The molecule has 2 amide bonds. The van der Waals surface area contributed by atoms with Crippen LogP contribution in [0.2, 0.25) is 0 Å². The summed E-state index contributed by atoms with van der Waals surface area (Å²) in [5.41, 5.74) is 2.61. The second-order valence-corrected chi connectivity index (χ2v) is 7.98. The zero-order valence-corrected chi connectivity index (χ0v) is 18.4. The Labute approximate surface area is 188 Å². The molecule has 4 rings (SSSR count). The molecule has 0 spiro atoms. The van der Waals surface area contributed by atoms with Crippen molar-refractivity contribution < 1.29 is 14.3 Å². The van der Waals surface area contributed by atoms with Gasteiger partial charge in [0.1, 0.15) is 5.75 Å². The molecule has 3 aromatic rings. The number of methoxy groups -OCH3 is 1. The Bertz CT molecular complexity index is 1050. The SMILES string of the molecule is CCCCN1C(=O)CC(C(=O)Nc2ccc(-n3ccnc3)cc2)C1c1ccc(OC)cc1. The smallest absolute Gasteiger partial charge is 0.230 e. The number of likely N-dealkylation sites (tertiary alicyclic amines) is 1. The number of carbonyl (C=O) groups is 2. The third kappa shape index (κ3) is 4.51. The molecule has 7 nitrogen and oxygen atoms in total. The summed E-state index contributed by atoms with van der Waals surface area (Å²) < 4.78 is 7.16. The van der Waals surface area contributed by atoms with Crippen LogP contribution >= 0.6 is 0 Å². The topological polar surface area (TPSA) is 76.5 Å². The molecule has 1 aromatic heterocycles. The van der Waals surface area contributed by atoms with Crippen LogP contribution in [0.3, 0.4) is 0 Å². The average molecular weight is 433 g/mol. The van der Waals surface area contributed by atoms with E-state index in [9.17, 15) is 9.59 Å². The van der Waals surface area contributed by atoms with Crippen LogP contribution in [-0.4, -0.2) is 39.9 Å². The zero-order valence-electron chi connectivity index (χ0n) is 18.4. The Balaban J connectivity index is 1.55. The van der Waals surface area contributed by atoms with Crippen LogP contribution in [0.25, 0.3) is 5.69 Å². The van der Waals surface area contributed by atoms with Crippen LogP contribution in [0.1, 0.15) is 37.8 Å². The summed E-state index contributed by atoms with van der Waals surface area (Å²) in [6.45, 7) is 2.75. The lowest BCUT2D eigenvalue weighted by Crippen LogP contribution is -2.33. The van der Waals surface area contributed by atoms with Gasteiger partial charge in [-0.2, -0.15) is 0 Å². The molecule has 2 atom stereocenters. The van der Waals surface area contributed by atoms with E-state index in [-0.39, 0.29) is 24.3 Å². The number of anilines is 1. The number of ether oxygens (including phenoxy) is 1. The van der Waals surface area contributed by atoms with Gasteiger partial charge >= 0.3 is 0 Å². The van der Waals surface area contributed by atoms with Crippen molar-refractivity contribution in [1.29, 1.82) is 0 Å². The second kappa shape index (κ2) is 9.68. The summed E-state index contributed by atoms with van der Waals surface area (Å²) in [5, 5.41) is 3.01. The molecule has 1 saturated heterocycles. The van der Waals surface area contributed by atoms with Gasteiger partial charge in [-0.1, -0.05) is 25.5 Å². The number of rotatable bonds is 8. The summed E-state index contributed by atoms with van der Waals surface area (Å²) in [7, 11) is 1.62. The predicted molar refractivity (Wildman–Crippen MR) is 123 cm³/mol. The Hall–Kier alpha value is -3.61. The van der Waals surface area contributed by atoms with Crippen molar-refractivity contribution in [3.63, 3.8) is 0 Å². The summed E-state index contributed by atoms with van der Waals surface area (Å²) in [6, 6.07) is 14.9. The van der Waals surface area contributed by atoms with Gasteiger partial charge in [-0.15, -0.1) is 0 Å². The van der Waals surface area contributed by atoms with Crippen LogP contribution in [-0.2, 0) is 9.59 Å². The first kappa shape index (κ1) is 21.6. The van der Waals surface area contributed by atoms with Crippen LogP contribution in [0.4, 0.5) is 5.69 Å². The minimum atomic E-state index is -0.457. The number of benzene rings is 2. The number of carbonyl (C=O) groups excluding carboxylic acids is 2. The van der Waals surface area contributed by atoms with Crippen molar-refractivity contribution in [2.75, 3.05) is 19.0 Å². The van der Waals surface area contributed by atoms with Gasteiger partial charge < -0.3 is 19.5 Å². The van der Waals surface area contributed by atoms with Crippen LogP contribution < -0.4 is 10.1 Å². The molecule has 1 aliphatic rings. The number of hydrogen-bond donors (Lipinski definition) is 1. The summed E-state index contributed by atoms with van der Waals surface area (Å²) in [6.07, 6.45) is 7.40. The summed E-state index contributed by atoms with van der Waals surface area (Å²) in [4.78, 5) is 32.0. The molecule has 32 heavy (non-hydrogen) atoms. The molecule has 2 unspecified atom stereocenters. The quantitative estimate of drug-likeness (QED) is 0.579. The van der Waals surface area contributed by atoms with Gasteiger partial charge in [0.15, 0.2) is 0 Å². The van der Waals surface area contributed by atoms with Gasteiger partial charge in [0.25, 0.3) is 0 Å². The number of nitrogens with one attached hydrogen (secondary N) is 1. The van der Waals surface area contributed by atoms with Gasteiger partial charge in [-0.05, 0) is 48.4 Å². The largest absolute Gasteiger partial charge is 0.497 e. The monoisotopic (exact) mass is 432 g/mol. The average Bonchev–Trinajstić information content (AvgIpc) is 3.46. The van der Waals surface area contributed by atoms with Gasteiger partial charge in [0.2, 0.25) is 11.8 Å². The van der Waals surface area contributed by atoms with E-state index in [1.165, 1.54) is 0 Å². The maximum absolute atomic E-state index is 13.3. The molecular formula is C25H28N4O3. The summed E-state index contributed by atoms with van der Waals surface area (Å²) in [5.74, 6) is 0.168. The maximum atomic E-state index is 13.3. The molecule has 0 aliphatic carbocycles. The summed E-state index contributed by atoms with van der Waals surface area (Å²) >= 11 is 0. The second-order valence-electron chi connectivity index (χ2n) is 7.98. The van der Waals surface area contributed by atoms with E-state index >= 15 is 0 Å². The minimum absolute atomic E-state index is 0.0230. The Morgan fingerprint density at radius 2 is 1.91 bits per heavy atom. The lowest BCUT2D eigenvalue weighted by Gasteiger charge is -2.28. The maximum Gasteiger partial charge on any atom is 0.230 e. The number of nitrogens with zero attached hydrogens (tertiary/aromatic N) is 3. The molecule has 1 N–H and O–H groups in total. The van der Waals surface area contributed by atoms with Crippen molar-refractivity contribution in [3.05, 3.63) is 72.8 Å². The highest BCUT2D eigenvalue weighted by molar-refractivity contribution is 5.98. The highest BCUT2D eigenvalue weighted by Gasteiger charge is 2.44. The lowest BCUT2D eigenvalue weighted by molar-refractivity contribution is -0.129. The fourth-order valence-corrected chi connectivity index (χ4v) is 4.19. The van der Waals surface area contributed by atoms with E-state index in [4.69, 9.17) is 4.74 Å². The molecule has 0 saturated carbocycles. The molecule has 1 fully saturated rings. The first-order chi connectivity index (χ1) is 15.6. The molecule has 1 aliphatic heterocycles. The fourth-order valence-electron chi connectivity index (χ4n) is 4.19. The van der Waals surface area contributed by atoms with Gasteiger partial charge in [-0.25, -0.2) is 4.98 Å². The standard InChI is InChI=1S/C25H28N4O3/c1-3-4-14-29-23(30)16-22(24(29)18-5-11-21(32-2)12-6-18)25(31)27-19-7-9-20(10-8-19)28-15-13-26-17-28/h5-13,15,17,22,24H,3-4,14,16H2,1-2H3,(H,27,31). The van der Waals surface area contributed by atoms with Gasteiger partial charge in [0, 0.05) is 36.7 Å². The molecular weight excluding hydrogens is 404 g/mol.